The number of hydrogen-bond donors (Lipinski definition) is 1. The number of benzene rings is 2. The van der Waals surface area contributed by atoms with Gasteiger partial charge in [-0.25, -0.2) is 0 Å². The van der Waals surface area contributed by atoms with Gasteiger partial charge in [-0.2, -0.15) is 0 Å². The summed E-state index contributed by atoms with van der Waals surface area (Å²) in [7, 11) is 1.79. The summed E-state index contributed by atoms with van der Waals surface area (Å²) < 4.78 is 1.75. The molecule has 27 heavy (non-hydrogen) atoms. The van der Waals surface area contributed by atoms with Gasteiger partial charge in [0, 0.05) is 30.4 Å². The lowest BCUT2D eigenvalue weighted by Gasteiger charge is -2.06. The Morgan fingerprint density at radius 2 is 1.81 bits per heavy atom. The fourth-order valence-corrected chi connectivity index (χ4v) is 3.10. The minimum Gasteiger partial charge on any atom is -0.325 e. The van der Waals surface area contributed by atoms with E-state index in [0.29, 0.717) is 16.5 Å². The van der Waals surface area contributed by atoms with Crippen LogP contribution in [0.25, 0.3) is 11.4 Å². The first-order valence-electron chi connectivity index (χ1n) is 8.07. The minimum absolute atomic E-state index is 0.0169. The number of nitro benzene ring substituents is 1. The molecule has 0 saturated carbocycles. The first-order valence-corrected chi connectivity index (χ1v) is 9.06. The van der Waals surface area contributed by atoms with Crippen molar-refractivity contribution in [3.63, 3.8) is 0 Å². The fraction of sp³-hybridized carbons (Fsp3) is 0.167. The number of hydrogen-bond acceptors (Lipinski definition) is 6. The van der Waals surface area contributed by atoms with E-state index in [-0.39, 0.29) is 17.3 Å². The molecule has 3 aromatic rings. The molecule has 0 saturated heterocycles. The summed E-state index contributed by atoms with van der Waals surface area (Å²) in [5.74, 6) is 0.634. The summed E-state index contributed by atoms with van der Waals surface area (Å²) in [6.45, 7) is 1.98. The van der Waals surface area contributed by atoms with Gasteiger partial charge in [0.1, 0.15) is 0 Å². The van der Waals surface area contributed by atoms with E-state index in [1.165, 1.54) is 23.9 Å². The molecule has 0 radical (unpaired) electrons. The van der Waals surface area contributed by atoms with E-state index < -0.39 is 4.92 Å². The van der Waals surface area contributed by atoms with E-state index in [2.05, 4.69) is 15.5 Å². The summed E-state index contributed by atoms with van der Waals surface area (Å²) in [6.07, 6.45) is 0. The predicted octanol–water partition coefficient (Wildman–Crippen LogP) is 3.43. The van der Waals surface area contributed by atoms with Crippen molar-refractivity contribution in [2.45, 2.75) is 12.1 Å². The lowest BCUT2D eigenvalue weighted by Crippen LogP contribution is -2.14. The van der Waals surface area contributed by atoms with Gasteiger partial charge in [0.25, 0.3) is 5.69 Å². The molecule has 8 nitrogen and oxygen atoms in total. The van der Waals surface area contributed by atoms with Crippen LogP contribution in [0.3, 0.4) is 0 Å². The van der Waals surface area contributed by atoms with Crippen molar-refractivity contribution in [2.75, 3.05) is 11.1 Å². The van der Waals surface area contributed by atoms with Gasteiger partial charge in [-0.15, -0.1) is 10.2 Å². The van der Waals surface area contributed by atoms with E-state index in [0.717, 1.165) is 11.3 Å². The average molecular weight is 383 g/mol. The van der Waals surface area contributed by atoms with Crippen LogP contribution in [0.4, 0.5) is 11.4 Å². The summed E-state index contributed by atoms with van der Waals surface area (Å²) in [5.41, 5.74) is 2.60. The number of nitro groups is 1. The Morgan fingerprint density at radius 1 is 1.15 bits per heavy atom. The third kappa shape index (κ3) is 4.50. The van der Waals surface area contributed by atoms with Crippen molar-refractivity contribution in [1.29, 1.82) is 0 Å². The number of amides is 1. The normalized spacial score (nSPS) is 10.6. The molecule has 0 spiro atoms. The highest BCUT2D eigenvalue weighted by Crippen LogP contribution is 2.24. The summed E-state index contributed by atoms with van der Waals surface area (Å²) in [4.78, 5) is 22.4. The molecule has 0 atom stereocenters. The number of aryl methyl sites for hydroxylation is 1. The maximum Gasteiger partial charge on any atom is 0.269 e. The van der Waals surface area contributed by atoms with Gasteiger partial charge < -0.3 is 9.88 Å². The molecule has 1 amide bonds. The van der Waals surface area contributed by atoms with E-state index in [1.54, 1.807) is 23.7 Å². The molecular formula is C18H17N5O3S. The number of anilines is 1. The van der Waals surface area contributed by atoms with Gasteiger partial charge >= 0.3 is 0 Å². The third-order valence-electron chi connectivity index (χ3n) is 3.84. The Hall–Kier alpha value is -3.20. The average Bonchev–Trinajstić information content (AvgIpc) is 3.02. The van der Waals surface area contributed by atoms with Crippen LogP contribution in [-0.4, -0.2) is 31.3 Å². The quantitative estimate of drug-likeness (QED) is 0.397. The zero-order chi connectivity index (χ0) is 19.4. The molecule has 2 aromatic carbocycles. The van der Waals surface area contributed by atoms with Crippen LogP contribution in [-0.2, 0) is 11.8 Å². The Balaban J connectivity index is 1.64. The van der Waals surface area contributed by atoms with E-state index in [9.17, 15) is 14.9 Å². The van der Waals surface area contributed by atoms with Gasteiger partial charge in [0.05, 0.1) is 10.7 Å². The van der Waals surface area contributed by atoms with Crippen molar-refractivity contribution in [3.05, 3.63) is 64.2 Å². The monoisotopic (exact) mass is 383 g/mol. The van der Waals surface area contributed by atoms with E-state index >= 15 is 0 Å². The van der Waals surface area contributed by atoms with Gasteiger partial charge in [0.2, 0.25) is 5.91 Å². The third-order valence-corrected chi connectivity index (χ3v) is 4.86. The van der Waals surface area contributed by atoms with Gasteiger partial charge in [-0.3, -0.25) is 14.9 Å². The number of carbonyl (C=O) groups excluding carboxylic acids is 1. The molecule has 138 valence electrons. The van der Waals surface area contributed by atoms with Crippen LogP contribution in [0.2, 0.25) is 0 Å². The van der Waals surface area contributed by atoms with Crippen molar-refractivity contribution < 1.29 is 9.72 Å². The van der Waals surface area contributed by atoms with Crippen LogP contribution < -0.4 is 5.32 Å². The molecule has 0 bridgehead atoms. The highest BCUT2D eigenvalue weighted by Gasteiger charge is 2.14. The number of aromatic nitrogens is 3. The molecule has 9 heteroatoms. The zero-order valence-corrected chi connectivity index (χ0v) is 15.6. The van der Waals surface area contributed by atoms with Crippen LogP contribution in [0.15, 0.2) is 53.7 Å². The predicted molar refractivity (Wildman–Crippen MR) is 104 cm³/mol. The first kappa shape index (κ1) is 18.6. The summed E-state index contributed by atoms with van der Waals surface area (Å²) in [5, 5.41) is 22.4. The van der Waals surface area contributed by atoms with E-state index in [1.807, 2.05) is 31.2 Å². The molecule has 1 aromatic heterocycles. The SMILES string of the molecule is Cc1ccc(NC(=O)CSc2nnc(-c3ccc([N+](=O)[O-])cc3)n2C)cc1. The maximum absolute atomic E-state index is 12.1. The highest BCUT2D eigenvalue weighted by atomic mass is 32.2. The number of carbonyl (C=O) groups is 1. The maximum atomic E-state index is 12.1. The number of nitrogens with zero attached hydrogens (tertiary/aromatic N) is 4. The van der Waals surface area contributed by atoms with Crippen LogP contribution >= 0.6 is 11.8 Å². The highest BCUT2D eigenvalue weighted by molar-refractivity contribution is 7.99. The number of non-ortho nitro benzene ring substituents is 1. The second kappa shape index (κ2) is 8.00. The molecule has 0 aliphatic carbocycles. The van der Waals surface area contributed by atoms with E-state index in [4.69, 9.17) is 0 Å². The number of thioether (sulfide) groups is 1. The van der Waals surface area contributed by atoms with Crippen molar-refractivity contribution >= 4 is 29.0 Å². The van der Waals surface area contributed by atoms with Crippen LogP contribution in [0, 0.1) is 17.0 Å². The molecule has 0 aliphatic heterocycles. The van der Waals surface area contributed by atoms with Crippen molar-refractivity contribution in [3.8, 4) is 11.4 Å². The molecule has 0 fully saturated rings. The number of nitrogens with one attached hydrogen (secondary N) is 1. The lowest BCUT2D eigenvalue weighted by molar-refractivity contribution is -0.384. The zero-order valence-electron chi connectivity index (χ0n) is 14.7. The second-order valence-electron chi connectivity index (χ2n) is 5.87. The minimum atomic E-state index is -0.450. The Morgan fingerprint density at radius 3 is 2.44 bits per heavy atom. The number of rotatable bonds is 6. The van der Waals surface area contributed by atoms with Gasteiger partial charge in [-0.05, 0) is 31.2 Å². The van der Waals surface area contributed by atoms with Crippen LogP contribution in [0.1, 0.15) is 5.56 Å². The van der Waals surface area contributed by atoms with Crippen molar-refractivity contribution in [1.82, 2.24) is 14.8 Å². The standard InChI is InChI=1S/C18H17N5O3S/c1-12-3-7-14(8-4-12)19-16(24)11-27-18-21-20-17(22(18)2)13-5-9-15(10-6-13)23(25)26/h3-10H,11H2,1-2H3,(H,19,24). The van der Waals surface area contributed by atoms with Gasteiger partial charge in [-0.1, -0.05) is 29.5 Å². The molecule has 0 unspecified atom stereocenters. The first-order chi connectivity index (χ1) is 12.9. The summed E-state index contributed by atoms with van der Waals surface area (Å²) >= 11 is 1.27. The molecule has 0 aliphatic rings. The topological polar surface area (TPSA) is 103 Å². The molecular weight excluding hydrogens is 366 g/mol. The Labute approximate surface area is 159 Å². The fourth-order valence-electron chi connectivity index (χ4n) is 2.39. The largest absolute Gasteiger partial charge is 0.325 e. The summed E-state index contributed by atoms with van der Waals surface area (Å²) in [6, 6.07) is 13.7. The Kier molecular flexibility index (Phi) is 5.51. The molecule has 1 heterocycles. The molecule has 1 N–H and O–H groups in total. The Bertz CT molecular complexity index is 968. The lowest BCUT2D eigenvalue weighted by atomic mass is 10.2. The smallest absolute Gasteiger partial charge is 0.269 e. The van der Waals surface area contributed by atoms with Crippen LogP contribution in [0.5, 0.6) is 0 Å². The van der Waals surface area contributed by atoms with Gasteiger partial charge in [0.15, 0.2) is 11.0 Å². The second-order valence-corrected chi connectivity index (χ2v) is 6.81. The molecule has 3 rings (SSSR count). The van der Waals surface area contributed by atoms with Crippen molar-refractivity contribution in [2.24, 2.45) is 7.05 Å².